The molecule has 1 unspecified atom stereocenters. The van der Waals surface area contributed by atoms with Gasteiger partial charge in [-0.3, -0.25) is 14.8 Å². The molecule has 7 heteroatoms. The van der Waals surface area contributed by atoms with Gasteiger partial charge < -0.3 is 9.47 Å². The van der Waals surface area contributed by atoms with Crippen molar-refractivity contribution in [3.63, 3.8) is 0 Å². The first-order valence-electron chi connectivity index (χ1n) is 9.97. The minimum atomic E-state index is -0.182. The molecule has 1 amide bonds. The standard InChI is InChI=1S/C23H24N4O3/c1-4-5-23(28)27-20(16-6-8-17-19(12-16)25-11-10-24-17)14-18(26-27)15-7-9-21(29-2)22(13-15)30-3/h6-13,20H,4-5,14H2,1-3H3. The summed E-state index contributed by atoms with van der Waals surface area (Å²) >= 11 is 0. The lowest BCUT2D eigenvalue weighted by Crippen LogP contribution is -2.26. The van der Waals surface area contributed by atoms with Crippen LogP contribution in [0.1, 0.15) is 43.4 Å². The van der Waals surface area contributed by atoms with E-state index < -0.39 is 0 Å². The summed E-state index contributed by atoms with van der Waals surface area (Å²) < 4.78 is 10.8. The molecule has 0 aliphatic carbocycles. The van der Waals surface area contributed by atoms with Crippen molar-refractivity contribution >= 4 is 22.7 Å². The number of nitrogens with zero attached hydrogens (tertiary/aromatic N) is 4. The second-order valence-corrected chi connectivity index (χ2v) is 7.13. The second-order valence-electron chi connectivity index (χ2n) is 7.13. The maximum atomic E-state index is 12.8. The van der Waals surface area contributed by atoms with Gasteiger partial charge in [-0.15, -0.1) is 0 Å². The molecule has 2 aromatic carbocycles. The van der Waals surface area contributed by atoms with Crippen LogP contribution in [-0.4, -0.2) is 40.8 Å². The third-order valence-electron chi connectivity index (χ3n) is 5.22. The molecular weight excluding hydrogens is 380 g/mol. The van der Waals surface area contributed by atoms with Gasteiger partial charge >= 0.3 is 0 Å². The molecule has 0 bridgehead atoms. The molecule has 1 aliphatic rings. The number of ether oxygens (including phenoxy) is 2. The number of aromatic nitrogens is 2. The van der Waals surface area contributed by atoms with E-state index in [1.807, 2.05) is 43.3 Å². The van der Waals surface area contributed by atoms with E-state index in [1.54, 1.807) is 31.6 Å². The molecule has 0 N–H and O–H groups in total. The topological polar surface area (TPSA) is 76.9 Å². The molecule has 0 fully saturated rings. The van der Waals surface area contributed by atoms with Crippen molar-refractivity contribution in [1.82, 2.24) is 15.0 Å². The van der Waals surface area contributed by atoms with Crippen LogP contribution in [0.4, 0.5) is 0 Å². The van der Waals surface area contributed by atoms with Crippen molar-refractivity contribution < 1.29 is 14.3 Å². The van der Waals surface area contributed by atoms with E-state index in [1.165, 1.54) is 0 Å². The van der Waals surface area contributed by atoms with Crippen molar-refractivity contribution in [2.45, 2.75) is 32.2 Å². The van der Waals surface area contributed by atoms with Gasteiger partial charge in [0.1, 0.15) is 0 Å². The number of hydrogen-bond acceptors (Lipinski definition) is 6. The van der Waals surface area contributed by atoms with E-state index in [0.29, 0.717) is 24.3 Å². The zero-order valence-electron chi connectivity index (χ0n) is 17.3. The van der Waals surface area contributed by atoms with Crippen LogP contribution in [0.15, 0.2) is 53.9 Å². The molecular formula is C23H24N4O3. The predicted molar refractivity (Wildman–Crippen MR) is 115 cm³/mol. The van der Waals surface area contributed by atoms with Gasteiger partial charge in [0, 0.05) is 30.8 Å². The molecule has 30 heavy (non-hydrogen) atoms. The number of benzene rings is 2. The van der Waals surface area contributed by atoms with Gasteiger partial charge in [-0.05, 0) is 42.3 Å². The SMILES string of the molecule is CCCC(=O)N1N=C(c2ccc(OC)c(OC)c2)CC1c1ccc2nccnc2c1. The van der Waals surface area contributed by atoms with Crippen LogP contribution in [0, 0.1) is 0 Å². The summed E-state index contributed by atoms with van der Waals surface area (Å²) in [6.45, 7) is 1.99. The van der Waals surface area contributed by atoms with Crippen LogP contribution >= 0.6 is 0 Å². The fraction of sp³-hybridized carbons (Fsp3) is 0.304. The number of carbonyl (C=O) groups is 1. The first-order chi connectivity index (χ1) is 14.6. The lowest BCUT2D eigenvalue weighted by Gasteiger charge is -2.22. The van der Waals surface area contributed by atoms with Gasteiger partial charge in [0.05, 0.1) is 37.0 Å². The summed E-state index contributed by atoms with van der Waals surface area (Å²) in [5, 5.41) is 6.33. The van der Waals surface area contributed by atoms with Crippen molar-refractivity contribution in [3.05, 3.63) is 59.9 Å². The van der Waals surface area contributed by atoms with Crippen molar-refractivity contribution in [2.24, 2.45) is 5.10 Å². The Bertz CT molecular complexity index is 1110. The van der Waals surface area contributed by atoms with Crippen molar-refractivity contribution in [2.75, 3.05) is 14.2 Å². The Morgan fingerprint density at radius 3 is 2.53 bits per heavy atom. The minimum Gasteiger partial charge on any atom is -0.493 e. The number of fused-ring (bicyclic) bond motifs is 1. The number of amides is 1. The Labute approximate surface area is 175 Å². The molecule has 1 atom stereocenters. The van der Waals surface area contributed by atoms with Crippen molar-refractivity contribution in [3.8, 4) is 11.5 Å². The molecule has 0 saturated carbocycles. The molecule has 0 saturated heterocycles. The van der Waals surface area contributed by atoms with E-state index in [2.05, 4.69) is 9.97 Å². The highest BCUT2D eigenvalue weighted by molar-refractivity contribution is 6.03. The van der Waals surface area contributed by atoms with Crippen molar-refractivity contribution in [1.29, 1.82) is 0 Å². The molecule has 1 aliphatic heterocycles. The summed E-state index contributed by atoms with van der Waals surface area (Å²) in [7, 11) is 3.21. The summed E-state index contributed by atoms with van der Waals surface area (Å²) in [5.74, 6) is 1.30. The lowest BCUT2D eigenvalue weighted by molar-refractivity contribution is -0.133. The third kappa shape index (κ3) is 3.70. The molecule has 3 aromatic rings. The normalized spacial score (nSPS) is 15.9. The smallest absolute Gasteiger partial charge is 0.243 e. The number of methoxy groups -OCH3 is 2. The summed E-state index contributed by atoms with van der Waals surface area (Å²) in [6.07, 6.45) is 5.18. The van der Waals surface area contributed by atoms with E-state index in [4.69, 9.17) is 14.6 Å². The van der Waals surface area contributed by atoms with Gasteiger partial charge in [-0.1, -0.05) is 13.0 Å². The van der Waals surface area contributed by atoms with Crippen LogP contribution in [0.2, 0.25) is 0 Å². The summed E-state index contributed by atoms with van der Waals surface area (Å²) in [5.41, 5.74) is 4.37. The van der Waals surface area contributed by atoms with Gasteiger partial charge in [-0.2, -0.15) is 5.10 Å². The molecule has 0 radical (unpaired) electrons. The quantitative estimate of drug-likeness (QED) is 0.617. The Morgan fingerprint density at radius 1 is 1.03 bits per heavy atom. The van der Waals surface area contributed by atoms with E-state index in [-0.39, 0.29) is 11.9 Å². The van der Waals surface area contributed by atoms with Gasteiger partial charge in [0.25, 0.3) is 0 Å². The fourth-order valence-electron chi connectivity index (χ4n) is 3.71. The minimum absolute atomic E-state index is 0.0113. The van der Waals surface area contributed by atoms with E-state index >= 15 is 0 Å². The highest BCUT2D eigenvalue weighted by Gasteiger charge is 2.33. The largest absolute Gasteiger partial charge is 0.493 e. The average Bonchev–Trinajstić information content (AvgIpc) is 3.24. The van der Waals surface area contributed by atoms with Gasteiger partial charge in [-0.25, -0.2) is 5.01 Å². The average molecular weight is 404 g/mol. The van der Waals surface area contributed by atoms with Gasteiger partial charge in [0.15, 0.2) is 11.5 Å². The zero-order chi connectivity index (χ0) is 21.1. The monoisotopic (exact) mass is 404 g/mol. The molecule has 7 nitrogen and oxygen atoms in total. The highest BCUT2D eigenvalue weighted by Crippen LogP contribution is 2.36. The maximum absolute atomic E-state index is 12.8. The summed E-state index contributed by atoms with van der Waals surface area (Å²) in [4.78, 5) is 21.6. The molecule has 2 heterocycles. The molecule has 0 spiro atoms. The third-order valence-corrected chi connectivity index (χ3v) is 5.22. The van der Waals surface area contributed by atoms with Crippen LogP contribution in [-0.2, 0) is 4.79 Å². The van der Waals surface area contributed by atoms with Crippen LogP contribution in [0.3, 0.4) is 0 Å². The predicted octanol–water partition coefficient (Wildman–Crippen LogP) is 4.12. The van der Waals surface area contributed by atoms with Crippen LogP contribution in [0.25, 0.3) is 11.0 Å². The van der Waals surface area contributed by atoms with Gasteiger partial charge in [0.2, 0.25) is 5.91 Å². The lowest BCUT2D eigenvalue weighted by atomic mass is 9.97. The van der Waals surface area contributed by atoms with E-state index in [9.17, 15) is 4.79 Å². The molecule has 154 valence electrons. The molecule has 4 rings (SSSR count). The molecule has 1 aromatic heterocycles. The van der Waals surface area contributed by atoms with Crippen LogP contribution < -0.4 is 9.47 Å². The summed E-state index contributed by atoms with van der Waals surface area (Å²) in [6, 6.07) is 11.4. The van der Waals surface area contributed by atoms with Crippen LogP contribution in [0.5, 0.6) is 11.5 Å². The number of rotatable bonds is 6. The fourth-order valence-corrected chi connectivity index (χ4v) is 3.71. The van der Waals surface area contributed by atoms with E-state index in [0.717, 1.165) is 34.3 Å². The second kappa shape index (κ2) is 8.49. The Kier molecular flexibility index (Phi) is 5.61. The maximum Gasteiger partial charge on any atom is 0.243 e. The number of carbonyl (C=O) groups excluding carboxylic acids is 1. The number of hydrazone groups is 1. The first-order valence-corrected chi connectivity index (χ1v) is 9.97. The Balaban J connectivity index is 1.71. The zero-order valence-corrected chi connectivity index (χ0v) is 17.3. The highest BCUT2D eigenvalue weighted by atomic mass is 16.5. The Morgan fingerprint density at radius 2 is 1.80 bits per heavy atom. The first kappa shape index (κ1) is 19.8. The number of hydrogen-bond donors (Lipinski definition) is 0. The Hall–Kier alpha value is -3.48.